The number of rotatable bonds is 4. The zero-order valence-electron chi connectivity index (χ0n) is 13.6. The topological polar surface area (TPSA) is 101 Å². The van der Waals surface area contributed by atoms with Crippen LogP contribution in [0.5, 0.6) is 0 Å². The summed E-state index contributed by atoms with van der Waals surface area (Å²) in [7, 11) is -3.68. The van der Waals surface area contributed by atoms with E-state index in [0.29, 0.717) is 23.2 Å². The normalized spacial score (nSPS) is 26.0. The Morgan fingerprint density at radius 1 is 1.17 bits per heavy atom. The van der Waals surface area contributed by atoms with Gasteiger partial charge < -0.3 is 5.32 Å². The lowest BCUT2D eigenvalue weighted by Crippen LogP contribution is -2.48. The predicted octanol–water partition coefficient (Wildman–Crippen LogP) is 2.19. The van der Waals surface area contributed by atoms with Crippen LogP contribution in [0, 0.1) is 24.0 Å². The van der Waals surface area contributed by atoms with Gasteiger partial charge in [0, 0.05) is 30.3 Å². The van der Waals surface area contributed by atoms with Crippen molar-refractivity contribution in [2.45, 2.75) is 62.6 Å². The van der Waals surface area contributed by atoms with Crippen molar-refractivity contribution >= 4 is 28.1 Å². The maximum absolute atomic E-state index is 12.8. The summed E-state index contributed by atoms with van der Waals surface area (Å²) in [6.07, 6.45) is 3.78. The number of nitro groups is 1. The average Bonchev–Trinajstić information content (AvgIpc) is 2.76. The van der Waals surface area contributed by atoms with Gasteiger partial charge in [0.2, 0.25) is 10.0 Å². The molecule has 9 heteroatoms. The lowest BCUT2D eigenvalue weighted by atomic mass is 10.0. The second-order valence-electron chi connectivity index (χ2n) is 6.59. The smallest absolute Gasteiger partial charge is 0.270 e. The number of nitro benzene ring substituents is 1. The van der Waals surface area contributed by atoms with Crippen molar-refractivity contribution in [1.82, 2.24) is 10.0 Å². The van der Waals surface area contributed by atoms with Crippen LogP contribution < -0.4 is 10.0 Å². The number of benzene rings is 1. The Balaban J connectivity index is 0.00000208. The monoisotopic (exact) mass is 375 g/mol. The highest BCUT2D eigenvalue weighted by atomic mass is 35.5. The van der Waals surface area contributed by atoms with Gasteiger partial charge >= 0.3 is 0 Å². The summed E-state index contributed by atoms with van der Waals surface area (Å²) >= 11 is 0. The number of nitrogens with zero attached hydrogens (tertiary/aromatic N) is 1. The van der Waals surface area contributed by atoms with Crippen molar-refractivity contribution in [3.63, 3.8) is 0 Å². The second kappa shape index (κ2) is 6.95. The van der Waals surface area contributed by atoms with E-state index in [-0.39, 0.29) is 29.0 Å². The molecule has 1 aromatic rings. The van der Waals surface area contributed by atoms with Crippen molar-refractivity contribution < 1.29 is 13.3 Å². The average molecular weight is 376 g/mol. The minimum atomic E-state index is -3.68. The molecule has 1 aromatic carbocycles. The number of nitrogens with one attached hydrogen (secondary N) is 2. The van der Waals surface area contributed by atoms with Crippen LogP contribution in [-0.2, 0) is 10.0 Å². The van der Waals surface area contributed by atoms with Gasteiger partial charge in [0.15, 0.2) is 0 Å². The molecule has 0 saturated carbocycles. The van der Waals surface area contributed by atoms with Gasteiger partial charge in [-0.05, 0) is 50.7 Å². The van der Waals surface area contributed by atoms with Crippen molar-refractivity contribution in [2.24, 2.45) is 0 Å². The molecule has 2 aliphatic heterocycles. The number of piperidine rings is 1. The van der Waals surface area contributed by atoms with Gasteiger partial charge in [0.25, 0.3) is 5.69 Å². The number of hydrogen-bond acceptors (Lipinski definition) is 5. The first-order chi connectivity index (χ1) is 10.8. The molecule has 2 unspecified atom stereocenters. The summed E-state index contributed by atoms with van der Waals surface area (Å²) in [5.74, 6) is 0. The number of non-ortho nitro benzene ring substituents is 1. The number of aryl methyl sites for hydroxylation is 2. The molecule has 2 aliphatic rings. The molecule has 7 nitrogen and oxygen atoms in total. The maximum Gasteiger partial charge on any atom is 0.270 e. The Bertz CT molecular complexity index is 718. The molecule has 2 atom stereocenters. The SMILES string of the molecule is Cc1cc([N+](=O)[O-])cc(C)c1S(=O)(=O)NC1CC2CCC(C1)N2.Cl. The number of halogens is 1. The van der Waals surface area contributed by atoms with Crippen LogP contribution in [0.3, 0.4) is 0 Å². The molecule has 24 heavy (non-hydrogen) atoms. The van der Waals surface area contributed by atoms with E-state index in [1.165, 1.54) is 12.1 Å². The molecule has 0 spiro atoms. The van der Waals surface area contributed by atoms with E-state index in [4.69, 9.17) is 0 Å². The Morgan fingerprint density at radius 2 is 1.67 bits per heavy atom. The molecule has 134 valence electrons. The van der Waals surface area contributed by atoms with Crippen LogP contribution in [0.25, 0.3) is 0 Å². The maximum atomic E-state index is 12.8. The lowest BCUT2D eigenvalue weighted by molar-refractivity contribution is -0.385. The molecule has 2 bridgehead atoms. The van der Waals surface area contributed by atoms with Crippen LogP contribution in [0.2, 0.25) is 0 Å². The highest BCUT2D eigenvalue weighted by molar-refractivity contribution is 7.89. The minimum absolute atomic E-state index is 0. The molecule has 0 radical (unpaired) electrons. The van der Waals surface area contributed by atoms with Crippen LogP contribution in [-0.4, -0.2) is 31.5 Å². The highest BCUT2D eigenvalue weighted by Crippen LogP contribution is 2.30. The van der Waals surface area contributed by atoms with Gasteiger partial charge in [0.05, 0.1) is 9.82 Å². The van der Waals surface area contributed by atoms with Gasteiger partial charge in [-0.15, -0.1) is 12.4 Å². The van der Waals surface area contributed by atoms with Gasteiger partial charge in [0.1, 0.15) is 0 Å². The third-order valence-electron chi connectivity index (χ3n) is 4.72. The number of hydrogen-bond donors (Lipinski definition) is 2. The zero-order chi connectivity index (χ0) is 16.8. The molecule has 0 aromatic heterocycles. The number of fused-ring (bicyclic) bond motifs is 2. The molecule has 3 rings (SSSR count). The summed E-state index contributed by atoms with van der Waals surface area (Å²) in [4.78, 5) is 10.6. The summed E-state index contributed by atoms with van der Waals surface area (Å²) < 4.78 is 28.3. The van der Waals surface area contributed by atoms with E-state index in [1.807, 2.05) is 0 Å². The van der Waals surface area contributed by atoms with E-state index < -0.39 is 14.9 Å². The zero-order valence-corrected chi connectivity index (χ0v) is 15.2. The molecular weight excluding hydrogens is 354 g/mol. The van der Waals surface area contributed by atoms with Crippen LogP contribution in [0.1, 0.15) is 36.8 Å². The van der Waals surface area contributed by atoms with Crippen LogP contribution in [0.15, 0.2) is 17.0 Å². The molecule has 2 fully saturated rings. The molecule has 2 N–H and O–H groups in total. The third kappa shape index (κ3) is 3.72. The van der Waals surface area contributed by atoms with E-state index in [9.17, 15) is 18.5 Å². The Hall–Kier alpha value is -1.22. The first kappa shape index (κ1) is 19.1. The summed E-state index contributed by atoms with van der Waals surface area (Å²) in [5, 5.41) is 14.4. The summed E-state index contributed by atoms with van der Waals surface area (Å²) in [5.41, 5.74) is 0.723. The first-order valence-corrected chi connectivity index (χ1v) is 9.28. The number of sulfonamides is 1. The molecule has 2 saturated heterocycles. The fourth-order valence-electron chi connectivity index (χ4n) is 3.89. The summed E-state index contributed by atoms with van der Waals surface area (Å²) in [6, 6.07) is 3.33. The van der Waals surface area contributed by atoms with E-state index >= 15 is 0 Å². The summed E-state index contributed by atoms with van der Waals surface area (Å²) in [6.45, 7) is 3.20. The fourth-order valence-corrected chi connectivity index (χ4v) is 5.60. The van der Waals surface area contributed by atoms with E-state index in [1.54, 1.807) is 13.8 Å². The quantitative estimate of drug-likeness (QED) is 0.620. The Labute approximate surface area is 147 Å². The van der Waals surface area contributed by atoms with Gasteiger partial charge in [-0.2, -0.15) is 0 Å². The third-order valence-corrected chi connectivity index (χ3v) is 6.54. The van der Waals surface area contributed by atoms with Crippen molar-refractivity contribution in [1.29, 1.82) is 0 Å². The van der Waals surface area contributed by atoms with E-state index in [2.05, 4.69) is 10.0 Å². The van der Waals surface area contributed by atoms with Crippen molar-refractivity contribution in [3.8, 4) is 0 Å². The molecule has 0 aliphatic carbocycles. The van der Waals surface area contributed by atoms with Gasteiger partial charge in [-0.25, -0.2) is 13.1 Å². The minimum Gasteiger partial charge on any atom is -0.311 e. The highest BCUT2D eigenvalue weighted by Gasteiger charge is 2.36. The predicted molar refractivity (Wildman–Crippen MR) is 93.1 cm³/mol. The van der Waals surface area contributed by atoms with Gasteiger partial charge in [-0.3, -0.25) is 10.1 Å². The molecular formula is C15H22ClN3O4S. The van der Waals surface area contributed by atoms with Gasteiger partial charge in [-0.1, -0.05) is 0 Å². The molecule has 2 heterocycles. The second-order valence-corrected chi connectivity index (χ2v) is 8.24. The lowest BCUT2D eigenvalue weighted by Gasteiger charge is -2.29. The van der Waals surface area contributed by atoms with Crippen LogP contribution >= 0.6 is 12.4 Å². The Morgan fingerprint density at radius 3 is 2.12 bits per heavy atom. The first-order valence-electron chi connectivity index (χ1n) is 7.80. The molecule has 0 amide bonds. The van der Waals surface area contributed by atoms with Crippen molar-refractivity contribution in [2.75, 3.05) is 0 Å². The Kier molecular flexibility index (Phi) is 5.54. The van der Waals surface area contributed by atoms with Crippen LogP contribution in [0.4, 0.5) is 5.69 Å². The fraction of sp³-hybridized carbons (Fsp3) is 0.600. The van der Waals surface area contributed by atoms with E-state index in [0.717, 1.165) is 25.7 Å². The van der Waals surface area contributed by atoms with Crippen molar-refractivity contribution in [3.05, 3.63) is 33.4 Å². The standard InChI is InChI=1S/C15H21N3O4S.ClH/c1-9-5-14(18(19)20)6-10(2)15(9)23(21,22)17-13-7-11-3-4-12(8-13)16-11;/h5-6,11-13,16-17H,3-4,7-8H2,1-2H3;1H. The largest absolute Gasteiger partial charge is 0.311 e.